The molecule has 3 rings (SSSR count). The SMILES string of the molecule is CC(=O)N[C@H]1C([C@H](O)[C@H](O)CO)O[C@@](C(=O)O)(P(=O)([O-])OC[C@H]2O[C@@H](n3ccc(N)nc3=O)C(O)C2O)C[C@H]1O.[Na+]. The average molecular weight is 620 g/mol. The molecule has 11 atom stereocenters. The standard InChI is InChI=1S/C20H31N4O15P.Na/c1-7(26)22-12-8(27)4-20(18(32)33,39-16(12)13(29)9(28)5-25)40(35,36)37-6-10-14(30)15(31)17(38-10)24-3-2-11(21)23-19(24)34;/h2-3,8-10,12-17,25,27-31H,4-6H2,1H3,(H,22,26)(H,32,33)(H,35,36)(H2,21,23,34);/q;+1/p-1/t8-,9-,10-,12-,13-,14?,15?,16?,17-,20-;/m1./s1. The van der Waals surface area contributed by atoms with E-state index in [0.29, 0.717) is 0 Å². The van der Waals surface area contributed by atoms with Crippen molar-refractivity contribution in [1.29, 1.82) is 0 Å². The molecule has 2 fully saturated rings. The molecule has 0 saturated carbocycles. The number of nitrogen functional groups attached to an aromatic ring is 1. The summed E-state index contributed by atoms with van der Waals surface area (Å²) in [6.07, 6.45) is -15.2. The summed E-state index contributed by atoms with van der Waals surface area (Å²) < 4.78 is 29.4. The molecule has 19 nitrogen and oxygen atoms in total. The van der Waals surface area contributed by atoms with Gasteiger partial charge in [0.25, 0.3) is 0 Å². The third kappa shape index (κ3) is 7.16. The van der Waals surface area contributed by atoms with Gasteiger partial charge < -0.3 is 70.3 Å². The number of carboxylic acid groups (broad SMARTS) is 1. The van der Waals surface area contributed by atoms with Gasteiger partial charge >= 0.3 is 41.2 Å². The zero-order valence-electron chi connectivity index (χ0n) is 21.8. The molecule has 1 amide bonds. The molecule has 1 aromatic rings. The Morgan fingerprint density at radius 3 is 2.51 bits per heavy atom. The van der Waals surface area contributed by atoms with Crippen LogP contribution in [0.3, 0.4) is 0 Å². The third-order valence-electron chi connectivity index (χ3n) is 6.52. The van der Waals surface area contributed by atoms with Crippen molar-refractivity contribution < 1.29 is 98.3 Å². The van der Waals surface area contributed by atoms with E-state index in [2.05, 4.69) is 10.3 Å². The van der Waals surface area contributed by atoms with E-state index in [1.54, 1.807) is 0 Å². The molecule has 0 aliphatic carbocycles. The van der Waals surface area contributed by atoms with Crippen LogP contribution in [0.15, 0.2) is 17.1 Å². The van der Waals surface area contributed by atoms with Crippen molar-refractivity contribution in [2.45, 2.75) is 73.7 Å². The Balaban J connectivity index is 0.00000588. The smallest absolute Gasteiger partial charge is 0.776 e. The van der Waals surface area contributed by atoms with Gasteiger partial charge in [-0.15, -0.1) is 0 Å². The Labute approximate surface area is 253 Å². The van der Waals surface area contributed by atoms with Gasteiger partial charge in [0.1, 0.15) is 42.4 Å². The number of aliphatic hydroxyl groups is 6. The number of anilines is 1. The van der Waals surface area contributed by atoms with E-state index in [4.69, 9.17) is 19.7 Å². The molecule has 0 bridgehead atoms. The van der Waals surface area contributed by atoms with E-state index in [1.165, 1.54) is 6.07 Å². The quantitative estimate of drug-likeness (QED) is 0.0866. The first-order valence-electron chi connectivity index (χ1n) is 11.7. The molecule has 41 heavy (non-hydrogen) atoms. The van der Waals surface area contributed by atoms with E-state index >= 15 is 0 Å². The van der Waals surface area contributed by atoms with E-state index in [0.717, 1.165) is 17.7 Å². The maximum atomic E-state index is 13.2. The van der Waals surface area contributed by atoms with Crippen molar-refractivity contribution in [2.24, 2.45) is 0 Å². The topological polar surface area (TPSA) is 317 Å². The van der Waals surface area contributed by atoms with Crippen LogP contribution in [0.25, 0.3) is 0 Å². The number of hydrogen-bond acceptors (Lipinski definition) is 16. The van der Waals surface area contributed by atoms with E-state index in [1.807, 2.05) is 0 Å². The molecule has 3 heterocycles. The van der Waals surface area contributed by atoms with Gasteiger partial charge in [0.2, 0.25) is 11.2 Å². The number of carboxylic acids is 1. The van der Waals surface area contributed by atoms with Crippen LogP contribution < -0.4 is 51.2 Å². The molecule has 226 valence electrons. The van der Waals surface area contributed by atoms with Crippen LogP contribution in [0.4, 0.5) is 5.82 Å². The van der Waals surface area contributed by atoms with Crippen LogP contribution in [0, 0.1) is 0 Å². The van der Waals surface area contributed by atoms with Gasteiger partial charge in [-0.1, -0.05) is 0 Å². The number of carbonyl (C=O) groups is 2. The van der Waals surface area contributed by atoms with E-state index in [-0.39, 0.29) is 35.4 Å². The number of aromatic nitrogens is 2. The molecule has 10 N–H and O–H groups in total. The number of ether oxygens (including phenoxy) is 2. The van der Waals surface area contributed by atoms with Crippen LogP contribution in [0.5, 0.6) is 0 Å². The van der Waals surface area contributed by atoms with Gasteiger partial charge in [0.15, 0.2) is 13.8 Å². The second-order valence-corrected chi connectivity index (χ2v) is 11.3. The first-order valence-corrected chi connectivity index (χ1v) is 13.3. The summed E-state index contributed by atoms with van der Waals surface area (Å²) in [4.78, 5) is 52.7. The minimum atomic E-state index is -5.85. The molecule has 2 aliphatic heterocycles. The summed E-state index contributed by atoms with van der Waals surface area (Å²) in [7, 11) is -5.85. The third-order valence-corrected chi connectivity index (χ3v) is 8.37. The summed E-state index contributed by atoms with van der Waals surface area (Å²) in [6.45, 7) is -1.19. The molecule has 4 unspecified atom stereocenters. The van der Waals surface area contributed by atoms with Crippen LogP contribution in [-0.2, 0) is 28.2 Å². The van der Waals surface area contributed by atoms with Gasteiger partial charge in [0, 0.05) is 19.5 Å². The molecule has 2 saturated heterocycles. The van der Waals surface area contributed by atoms with Crippen molar-refractivity contribution in [2.75, 3.05) is 18.9 Å². The predicted octanol–water partition coefficient (Wildman–Crippen LogP) is -8.83. The van der Waals surface area contributed by atoms with Crippen LogP contribution in [-0.4, -0.2) is 124 Å². The van der Waals surface area contributed by atoms with Gasteiger partial charge in [-0.2, -0.15) is 4.98 Å². The monoisotopic (exact) mass is 620 g/mol. The van der Waals surface area contributed by atoms with Gasteiger partial charge in [-0.3, -0.25) is 9.36 Å². The Morgan fingerprint density at radius 2 is 1.98 bits per heavy atom. The van der Waals surface area contributed by atoms with Crippen molar-refractivity contribution in [3.8, 4) is 0 Å². The fourth-order valence-corrected chi connectivity index (χ4v) is 5.87. The summed E-state index contributed by atoms with van der Waals surface area (Å²) in [6, 6.07) is -0.432. The minimum Gasteiger partial charge on any atom is -0.776 e. The van der Waals surface area contributed by atoms with E-state index < -0.39 is 105 Å². The second kappa shape index (κ2) is 13.8. The normalized spacial score (nSPS) is 34.6. The average Bonchev–Trinajstić information content (AvgIpc) is 3.15. The first kappa shape index (κ1) is 35.6. The number of amides is 1. The molecule has 2 aliphatic rings. The molecule has 21 heteroatoms. The maximum absolute atomic E-state index is 13.2. The zero-order chi connectivity index (χ0) is 30.2. The number of nitrogens with two attached hydrogens (primary N) is 1. The number of nitrogens with zero attached hydrogens (tertiary/aromatic N) is 2. The van der Waals surface area contributed by atoms with Crippen molar-refractivity contribution >= 4 is 25.3 Å². The van der Waals surface area contributed by atoms with Gasteiger partial charge in [-0.25, -0.2) is 9.59 Å². The second-order valence-electron chi connectivity index (χ2n) is 9.29. The summed E-state index contributed by atoms with van der Waals surface area (Å²) in [5, 5.41) is 69.5. The molecular formula is C20H30N4NaO15P. The summed E-state index contributed by atoms with van der Waals surface area (Å²) in [5.74, 6) is -3.14. The largest absolute Gasteiger partial charge is 1.00 e. The summed E-state index contributed by atoms with van der Waals surface area (Å²) in [5.41, 5.74) is 4.44. The Bertz CT molecular complexity index is 1210. The van der Waals surface area contributed by atoms with Crippen LogP contribution >= 0.6 is 7.60 Å². The predicted molar refractivity (Wildman–Crippen MR) is 125 cm³/mol. The number of hydrogen-bond donors (Lipinski definition) is 9. The fourth-order valence-electron chi connectivity index (χ4n) is 4.42. The molecule has 1 aromatic heterocycles. The number of rotatable bonds is 10. The first-order chi connectivity index (χ1) is 18.6. The van der Waals surface area contributed by atoms with Crippen molar-refractivity contribution in [3.63, 3.8) is 0 Å². The Morgan fingerprint density at radius 1 is 1.34 bits per heavy atom. The minimum absolute atomic E-state index is 0. The van der Waals surface area contributed by atoms with Crippen molar-refractivity contribution in [3.05, 3.63) is 22.7 Å². The van der Waals surface area contributed by atoms with Crippen LogP contribution in [0.2, 0.25) is 0 Å². The molecule has 0 spiro atoms. The number of aliphatic hydroxyl groups excluding tert-OH is 6. The zero-order valence-corrected chi connectivity index (χ0v) is 24.7. The van der Waals surface area contributed by atoms with Gasteiger partial charge in [-0.05, 0) is 6.07 Å². The Hall–Kier alpha value is -1.55. The number of carbonyl (C=O) groups excluding carboxylic acids is 1. The number of aliphatic carboxylic acids is 1. The fraction of sp³-hybridized carbons (Fsp3) is 0.700. The van der Waals surface area contributed by atoms with Crippen molar-refractivity contribution in [1.82, 2.24) is 14.9 Å². The molecule has 0 radical (unpaired) electrons. The summed E-state index contributed by atoms with van der Waals surface area (Å²) >= 11 is 0. The van der Waals surface area contributed by atoms with Gasteiger partial charge in [0.05, 0.1) is 25.4 Å². The Kier molecular flexibility index (Phi) is 12.0. The number of nitrogens with one attached hydrogen (secondary N) is 1. The molecular weight excluding hydrogens is 590 g/mol. The van der Waals surface area contributed by atoms with E-state index in [9.17, 15) is 59.6 Å². The molecule has 0 aromatic carbocycles. The van der Waals surface area contributed by atoms with Crippen LogP contribution in [0.1, 0.15) is 19.6 Å². The maximum Gasteiger partial charge on any atom is 1.00 e.